The number of nitrogens with one attached hydrogen (secondary N) is 1. The molecule has 0 spiro atoms. The summed E-state index contributed by atoms with van der Waals surface area (Å²) in [6.07, 6.45) is 0. The Morgan fingerprint density at radius 2 is 2.16 bits per heavy atom. The largest absolute Gasteiger partial charge is 0.477 e. The highest BCUT2D eigenvalue weighted by molar-refractivity contribution is 8.00. The molecule has 0 aromatic carbocycles. The van der Waals surface area contributed by atoms with Gasteiger partial charge in [0.15, 0.2) is 0 Å². The van der Waals surface area contributed by atoms with E-state index in [1.165, 1.54) is 37.6 Å². The SMILES string of the molecule is COCSCC(=O)N[C@H]1C(=O)N2C(C(=O)O)=C(COC(C)=O)CSC12. The van der Waals surface area contributed by atoms with Crippen molar-refractivity contribution in [3.05, 3.63) is 11.3 Å². The third kappa shape index (κ3) is 4.47. The Bertz CT molecular complexity index is 622. The number of β-lactam (4-membered cyclic amide) rings is 1. The Hall–Kier alpha value is -1.72. The Balaban J connectivity index is 2.04. The number of rotatable bonds is 8. The lowest BCUT2D eigenvalue weighted by Crippen LogP contribution is -2.70. The Morgan fingerprint density at radius 3 is 2.76 bits per heavy atom. The standard InChI is InChI=1S/C14H18N2O7S2/c1-7(17)23-3-8-4-25-13-10(15-9(18)5-24-6-22-2)12(19)16(13)11(8)14(20)21/h10,13H,3-6H2,1-2H3,(H,15,18)(H,20,21)/t10-,13?/m0/s1. The van der Waals surface area contributed by atoms with E-state index in [2.05, 4.69) is 5.32 Å². The molecular weight excluding hydrogens is 372 g/mol. The highest BCUT2D eigenvalue weighted by Gasteiger charge is 2.54. The van der Waals surface area contributed by atoms with Crippen LogP contribution in [-0.4, -0.2) is 76.3 Å². The lowest BCUT2D eigenvalue weighted by molar-refractivity contribution is -0.150. The second-order valence-electron chi connectivity index (χ2n) is 5.25. The van der Waals surface area contributed by atoms with Gasteiger partial charge in [0.2, 0.25) is 5.91 Å². The van der Waals surface area contributed by atoms with Gasteiger partial charge in [-0.1, -0.05) is 0 Å². The zero-order chi connectivity index (χ0) is 18.6. The molecule has 2 rings (SSSR count). The monoisotopic (exact) mass is 390 g/mol. The number of carbonyl (C=O) groups is 4. The molecule has 2 amide bonds. The smallest absolute Gasteiger partial charge is 0.352 e. The number of esters is 1. The topological polar surface area (TPSA) is 122 Å². The van der Waals surface area contributed by atoms with E-state index in [0.29, 0.717) is 17.3 Å². The molecule has 2 atom stereocenters. The lowest BCUT2D eigenvalue weighted by atomic mass is 10.0. The maximum atomic E-state index is 12.3. The van der Waals surface area contributed by atoms with Crippen molar-refractivity contribution in [2.45, 2.75) is 18.3 Å². The molecule has 0 saturated carbocycles. The van der Waals surface area contributed by atoms with Crippen molar-refractivity contribution >= 4 is 47.3 Å². The number of carboxylic acids is 1. The van der Waals surface area contributed by atoms with Gasteiger partial charge in [-0.2, -0.15) is 0 Å². The maximum absolute atomic E-state index is 12.3. The molecule has 0 aliphatic carbocycles. The van der Waals surface area contributed by atoms with Crippen molar-refractivity contribution in [1.82, 2.24) is 10.2 Å². The van der Waals surface area contributed by atoms with Crippen LogP contribution in [0.3, 0.4) is 0 Å². The molecule has 2 aliphatic heterocycles. The van der Waals surface area contributed by atoms with Crippen molar-refractivity contribution in [3.63, 3.8) is 0 Å². The molecule has 138 valence electrons. The molecule has 2 aliphatic rings. The van der Waals surface area contributed by atoms with E-state index < -0.39 is 29.3 Å². The van der Waals surface area contributed by atoms with E-state index in [4.69, 9.17) is 9.47 Å². The van der Waals surface area contributed by atoms with Crippen molar-refractivity contribution in [2.24, 2.45) is 0 Å². The molecule has 2 N–H and O–H groups in total. The van der Waals surface area contributed by atoms with Crippen LogP contribution >= 0.6 is 23.5 Å². The van der Waals surface area contributed by atoms with E-state index in [1.54, 1.807) is 0 Å². The van der Waals surface area contributed by atoms with Gasteiger partial charge >= 0.3 is 11.9 Å². The number of carbonyl (C=O) groups excluding carboxylic acids is 3. The molecule has 1 unspecified atom stereocenters. The normalized spacial score (nSPS) is 22.2. The van der Waals surface area contributed by atoms with Crippen LogP contribution in [0.25, 0.3) is 0 Å². The Kier molecular flexibility index (Phi) is 6.73. The number of hydrogen-bond acceptors (Lipinski definition) is 8. The minimum Gasteiger partial charge on any atom is -0.477 e. The van der Waals surface area contributed by atoms with E-state index >= 15 is 0 Å². The predicted molar refractivity (Wildman–Crippen MR) is 90.7 cm³/mol. The molecule has 0 bridgehead atoms. The summed E-state index contributed by atoms with van der Waals surface area (Å²) >= 11 is 2.59. The number of ether oxygens (including phenoxy) is 2. The number of methoxy groups -OCH3 is 1. The van der Waals surface area contributed by atoms with Gasteiger partial charge in [-0.25, -0.2) is 4.79 Å². The maximum Gasteiger partial charge on any atom is 0.352 e. The zero-order valence-corrected chi connectivity index (χ0v) is 15.3. The van der Waals surface area contributed by atoms with Crippen LogP contribution in [0, 0.1) is 0 Å². The number of amides is 2. The summed E-state index contributed by atoms with van der Waals surface area (Å²) in [7, 11) is 1.52. The number of thioether (sulfide) groups is 2. The van der Waals surface area contributed by atoms with Crippen molar-refractivity contribution < 1.29 is 33.8 Å². The van der Waals surface area contributed by atoms with Gasteiger partial charge in [0.25, 0.3) is 5.91 Å². The van der Waals surface area contributed by atoms with Gasteiger partial charge in [-0.3, -0.25) is 19.3 Å². The number of carboxylic acid groups (broad SMARTS) is 1. The molecule has 11 heteroatoms. The highest BCUT2D eigenvalue weighted by atomic mass is 32.2. The lowest BCUT2D eigenvalue weighted by Gasteiger charge is -2.49. The number of aliphatic carboxylic acids is 1. The summed E-state index contributed by atoms with van der Waals surface area (Å²) in [5.41, 5.74) is 0.187. The predicted octanol–water partition coefficient (Wildman–Crippen LogP) is -0.375. The van der Waals surface area contributed by atoms with Gasteiger partial charge < -0.3 is 19.9 Å². The van der Waals surface area contributed by atoms with Crippen LogP contribution in [0.1, 0.15) is 6.92 Å². The highest BCUT2D eigenvalue weighted by Crippen LogP contribution is 2.40. The van der Waals surface area contributed by atoms with E-state index in [0.717, 1.165) is 4.90 Å². The second-order valence-corrected chi connectivity index (χ2v) is 7.29. The minimum absolute atomic E-state index is 0.147. The molecule has 0 aromatic rings. The number of hydrogen-bond donors (Lipinski definition) is 2. The summed E-state index contributed by atoms with van der Waals surface area (Å²) in [5, 5.41) is 11.6. The van der Waals surface area contributed by atoms with Gasteiger partial charge in [-0.05, 0) is 0 Å². The minimum atomic E-state index is -1.26. The third-order valence-corrected chi connectivity index (χ3v) is 5.66. The van der Waals surface area contributed by atoms with Gasteiger partial charge in [0.1, 0.15) is 23.7 Å². The van der Waals surface area contributed by atoms with Gasteiger partial charge in [-0.15, -0.1) is 23.5 Å². The summed E-state index contributed by atoms with van der Waals surface area (Å²) in [6.45, 7) is 1.05. The van der Waals surface area contributed by atoms with E-state index in [9.17, 15) is 24.3 Å². The van der Waals surface area contributed by atoms with Crippen LogP contribution in [0.4, 0.5) is 0 Å². The fourth-order valence-corrected chi connectivity index (χ4v) is 4.26. The zero-order valence-electron chi connectivity index (χ0n) is 13.6. The van der Waals surface area contributed by atoms with Crippen molar-refractivity contribution in [2.75, 3.05) is 31.2 Å². The first-order valence-electron chi connectivity index (χ1n) is 7.26. The molecular formula is C14H18N2O7S2. The molecule has 0 aromatic heterocycles. The van der Waals surface area contributed by atoms with Crippen molar-refractivity contribution in [1.29, 1.82) is 0 Å². The van der Waals surface area contributed by atoms with Gasteiger partial charge in [0, 0.05) is 25.4 Å². The fourth-order valence-electron chi connectivity index (χ4n) is 2.42. The number of fused-ring (bicyclic) bond motifs is 1. The molecule has 1 fully saturated rings. The van der Waals surface area contributed by atoms with Crippen LogP contribution in [-0.2, 0) is 28.7 Å². The van der Waals surface area contributed by atoms with Crippen LogP contribution in [0.15, 0.2) is 11.3 Å². The molecule has 0 radical (unpaired) electrons. The Morgan fingerprint density at radius 1 is 1.44 bits per heavy atom. The molecule has 9 nitrogen and oxygen atoms in total. The quantitative estimate of drug-likeness (QED) is 0.247. The van der Waals surface area contributed by atoms with Crippen LogP contribution in [0.2, 0.25) is 0 Å². The molecule has 1 saturated heterocycles. The summed E-state index contributed by atoms with van der Waals surface area (Å²) < 4.78 is 9.69. The average molecular weight is 390 g/mol. The first-order chi connectivity index (χ1) is 11.9. The second kappa shape index (κ2) is 8.59. The molecule has 2 heterocycles. The first kappa shape index (κ1) is 19.6. The summed E-state index contributed by atoms with van der Waals surface area (Å²) in [6, 6.07) is -0.759. The number of nitrogens with zero attached hydrogens (tertiary/aromatic N) is 1. The summed E-state index contributed by atoms with van der Waals surface area (Å²) in [5.74, 6) is -1.78. The van der Waals surface area contributed by atoms with E-state index in [-0.39, 0.29) is 24.0 Å². The third-order valence-electron chi connectivity index (χ3n) is 3.45. The van der Waals surface area contributed by atoms with E-state index in [1.807, 2.05) is 0 Å². The Labute approximate surface area is 152 Å². The average Bonchev–Trinajstić information content (AvgIpc) is 2.56. The van der Waals surface area contributed by atoms with Crippen LogP contribution < -0.4 is 5.32 Å². The fraction of sp³-hybridized carbons (Fsp3) is 0.571. The van der Waals surface area contributed by atoms with Gasteiger partial charge in [0.05, 0.1) is 11.7 Å². The summed E-state index contributed by atoms with van der Waals surface area (Å²) in [4.78, 5) is 47.8. The first-order valence-corrected chi connectivity index (χ1v) is 9.46. The molecule has 25 heavy (non-hydrogen) atoms. The van der Waals surface area contributed by atoms with Crippen molar-refractivity contribution in [3.8, 4) is 0 Å². The van der Waals surface area contributed by atoms with Crippen LogP contribution in [0.5, 0.6) is 0 Å².